The molecule has 0 aromatic carbocycles. The molecule has 4 rings (SSSR count). The zero-order valence-electron chi connectivity index (χ0n) is 14.0. The molecule has 0 aliphatic heterocycles. The third-order valence-electron chi connectivity index (χ3n) is 3.54. The normalized spacial score (nSPS) is 12.3. The third-order valence-corrected chi connectivity index (χ3v) is 3.54. The lowest BCUT2D eigenvalue weighted by Crippen LogP contribution is -2.19. The van der Waals surface area contributed by atoms with Gasteiger partial charge in [0.05, 0.1) is 0 Å². The largest absolute Gasteiger partial charge is 0.433 e. The van der Waals surface area contributed by atoms with Crippen molar-refractivity contribution >= 4 is 35.7 Å². The van der Waals surface area contributed by atoms with E-state index < -0.39 is 0 Å². The summed E-state index contributed by atoms with van der Waals surface area (Å²) in [6.45, 7) is 5.76. The monoisotopic (exact) mass is 345 g/mol. The summed E-state index contributed by atoms with van der Waals surface area (Å²) in [6.07, 6.45) is 7.27. The molecule has 0 aliphatic carbocycles. The van der Waals surface area contributed by atoms with Gasteiger partial charge in [-0.1, -0.05) is 24.8 Å². The predicted octanol–water partition coefficient (Wildman–Crippen LogP) is 2.78. The summed E-state index contributed by atoms with van der Waals surface area (Å²) in [6, 6.07) is 9.37. The fourth-order valence-electron chi connectivity index (χ4n) is 2.35. The summed E-state index contributed by atoms with van der Waals surface area (Å²) in [5.41, 5.74) is 2.21. The highest BCUT2D eigenvalue weighted by molar-refractivity contribution is 5.71. The number of nitrogens with one attached hydrogen (secondary N) is 1. The van der Waals surface area contributed by atoms with Gasteiger partial charge in [-0.3, -0.25) is 5.32 Å². The van der Waals surface area contributed by atoms with Gasteiger partial charge in [0.25, 0.3) is 0 Å². The van der Waals surface area contributed by atoms with E-state index in [4.69, 9.17) is 8.83 Å². The van der Waals surface area contributed by atoms with Crippen LogP contribution in [0.4, 0.5) is 11.8 Å². The van der Waals surface area contributed by atoms with E-state index in [0.717, 1.165) is 0 Å². The van der Waals surface area contributed by atoms with Crippen LogP contribution in [0.1, 0.15) is 6.92 Å². The van der Waals surface area contributed by atoms with Crippen LogP contribution >= 0.6 is 0 Å². The van der Waals surface area contributed by atoms with E-state index in [9.17, 15) is 0 Å². The van der Waals surface area contributed by atoms with Gasteiger partial charge < -0.3 is 8.83 Å². The standard InChI is InChI=1S/C19H15N5O2/c1-3-4-7-13-12(2)25-19(22-13)23-16-10-5-8-14(21-16)18-24-17-15(26-18)9-6-11-20-17/h3-11H,2H2,1H3,(H,21,22,23)/b4-3-,13-7+. The number of aromatic nitrogens is 4. The zero-order valence-corrected chi connectivity index (χ0v) is 14.0. The zero-order chi connectivity index (χ0) is 17.9. The fraction of sp³-hybridized carbons (Fsp3) is 0.0526. The van der Waals surface area contributed by atoms with Gasteiger partial charge in [-0.2, -0.15) is 9.97 Å². The topological polar surface area (TPSA) is 89.9 Å². The number of anilines is 2. The SMILES string of the molecule is C=c1oc(Nc2cccc(-c3nc4ncccc4o3)n2)n/c1=C/C=C\C. The molecule has 26 heavy (non-hydrogen) atoms. The number of fused-ring (bicyclic) bond motifs is 1. The van der Waals surface area contributed by atoms with E-state index in [1.165, 1.54) is 0 Å². The second kappa shape index (κ2) is 6.64. The lowest BCUT2D eigenvalue weighted by Gasteiger charge is -2.01. The van der Waals surface area contributed by atoms with E-state index in [1.807, 2.05) is 43.4 Å². The minimum atomic E-state index is 0.314. The van der Waals surface area contributed by atoms with Crippen molar-refractivity contribution in [2.24, 2.45) is 0 Å². The average Bonchev–Trinajstić information content (AvgIpc) is 3.23. The van der Waals surface area contributed by atoms with Gasteiger partial charge in [0.15, 0.2) is 11.2 Å². The van der Waals surface area contributed by atoms with Crippen LogP contribution in [0.25, 0.3) is 35.5 Å². The Bertz CT molecular complexity index is 1170. The molecule has 0 saturated heterocycles. The summed E-state index contributed by atoms with van der Waals surface area (Å²) < 4.78 is 11.2. The van der Waals surface area contributed by atoms with Crippen molar-refractivity contribution in [3.63, 3.8) is 0 Å². The van der Waals surface area contributed by atoms with Crippen LogP contribution < -0.4 is 16.1 Å². The minimum absolute atomic E-state index is 0.314. The van der Waals surface area contributed by atoms with Crippen molar-refractivity contribution in [2.45, 2.75) is 6.92 Å². The Hall–Kier alpha value is -3.74. The molecule has 0 radical (unpaired) electrons. The highest BCUT2D eigenvalue weighted by Gasteiger charge is 2.11. The van der Waals surface area contributed by atoms with E-state index in [1.54, 1.807) is 18.3 Å². The Kier molecular flexibility index (Phi) is 4.03. The molecule has 4 heterocycles. The first-order valence-electron chi connectivity index (χ1n) is 7.98. The van der Waals surface area contributed by atoms with E-state index >= 15 is 0 Å². The molecular weight excluding hydrogens is 330 g/mol. The summed E-state index contributed by atoms with van der Waals surface area (Å²) >= 11 is 0. The molecule has 0 amide bonds. The van der Waals surface area contributed by atoms with Crippen LogP contribution in [-0.4, -0.2) is 19.9 Å². The molecule has 0 atom stereocenters. The highest BCUT2D eigenvalue weighted by atomic mass is 16.4. The number of nitrogens with zero attached hydrogens (tertiary/aromatic N) is 4. The van der Waals surface area contributed by atoms with Crippen molar-refractivity contribution in [1.82, 2.24) is 19.9 Å². The van der Waals surface area contributed by atoms with Crippen LogP contribution in [0.15, 0.2) is 57.5 Å². The number of allylic oxidation sites excluding steroid dienone is 2. The second-order valence-corrected chi connectivity index (χ2v) is 5.40. The molecule has 4 aromatic rings. The molecule has 7 nitrogen and oxygen atoms in total. The predicted molar refractivity (Wildman–Crippen MR) is 98.9 cm³/mol. The maximum absolute atomic E-state index is 5.70. The van der Waals surface area contributed by atoms with Gasteiger partial charge in [0, 0.05) is 6.20 Å². The molecule has 0 spiro atoms. The van der Waals surface area contributed by atoms with Crippen molar-refractivity contribution < 1.29 is 8.83 Å². The van der Waals surface area contributed by atoms with Crippen LogP contribution in [-0.2, 0) is 0 Å². The van der Waals surface area contributed by atoms with Crippen molar-refractivity contribution in [3.05, 3.63) is 59.4 Å². The lowest BCUT2D eigenvalue weighted by molar-refractivity contribution is 0.545. The van der Waals surface area contributed by atoms with Crippen LogP contribution in [0, 0.1) is 0 Å². The van der Waals surface area contributed by atoms with Crippen molar-refractivity contribution in [1.29, 1.82) is 0 Å². The van der Waals surface area contributed by atoms with Crippen molar-refractivity contribution in [2.75, 3.05) is 5.32 Å². The third kappa shape index (κ3) is 3.10. The van der Waals surface area contributed by atoms with Gasteiger partial charge in [-0.05, 0) is 37.3 Å². The first kappa shape index (κ1) is 15.8. The number of hydrogen-bond donors (Lipinski definition) is 1. The number of rotatable bonds is 4. The summed E-state index contributed by atoms with van der Waals surface area (Å²) in [4.78, 5) is 17.4. The van der Waals surface area contributed by atoms with Crippen LogP contribution in [0.5, 0.6) is 0 Å². The highest BCUT2D eigenvalue weighted by Crippen LogP contribution is 2.23. The van der Waals surface area contributed by atoms with Gasteiger partial charge >= 0.3 is 6.01 Å². The molecule has 0 fully saturated rings. The van der Waals surface area contributed by atoms with E-state index in [0.29, 0.717) is 45.4 Å². The molecule has 0 saturated carbocycles. The maximum Gasteiger partial charge on any atom is 0.301 e. The molecule has 0 bridgehead atoms. The number of pyridine rings is 2. The molecule has 128 valence electrons. The molecular formula is C19H15N5O2. The second-order valence-electron chi connectivity index (χ2n) is 5.40. The molecule has 4 aromatic heterocycles. The maximum atomic E-state index is 5.70. The minimum Gasteiger partial charge on any atom is -0.433 e. The summed E-state index contributed by atoms with van der Waals surface area (Å²) in [7, 11) is 0. The molecule has 0 aliphatic rings. The summed E-state index contributed by atoms with van der Waals surface area (Å²) in [5.74, 6) is 0.950. The number of hydrogen-bond acceptors (Lipinski definition) is 7. The Morgan fingerprint density at radius 2 is 2.00 bits per heavy atom. The Balaban J connectivity index is 1.65. The van der Waals surface area contributed by atoms with Gasteiger partial charge in [0.1, 0.15) is 22.3 Å². The number of oxazole rings is 2. The quantitative estimate of drug-likeness (QED) is 0.608. The van der Waals surface area contributed by atoms with Gasteiger partial charge in [-0.25, -0.2) is 9.97 Å². The Morgan fingerprint density at radius 3 is 2.85 bits per heavy atom. The Morgan fingerprint density at radius 1 is 1.08 bits per heavy atom. The summed E-state index contributed by atoms with van der Waals surface area (Å²) in [5, 5.41) is 3.69. The molecule has 7 heteroatoms. The molecule has 1 N–H and O–H groups in total. The van der Waals surface area contributed by atoms with E-state index in [2.05, 4.69) is 31.8 Å². The Labute approximate surface area is 148 Å². The first-order chi connectivity index (χ1) is 12.7. The lowest BCUT2D eigenvalue weighted by atomic mass is 10.3. The average molecular weight is 345 g/mol. The smallest absolute Gasteiger partial charge is 0.301 e. The van der Waals surface area contributed by atoms with Gasteiger partial charge in [0.2, 0.25) is 5.89 Å². The molecule has 0 unspecified atom stereocenters. The first-order valence-corrected chi connectivity index (χ1v) is 7.98. The van der Waals surface area contributed by atoms with Gasteiger partial charge in [-0.15, -0.1) is 0 Å². The fourth-order valence-corrected chi connectivity index (χ4v) is 2.35. The van der Waals surface area contributed by atoms with Crippen LogP contribution in [0.2, 0.25) is 0 Å². The van der Waals surface area contributed by atoms with Crippen molar-refractivity contribution in [3.8, 4) is 11.6 Å². The van der Waals surface area contributed by atoms with E-state index in [-0.39, 0.29) is 0 Å². The van der Waals surface area contributed by atoms with Crippen LogP contribution in [0.3, 0.4) is 0 Å².